The van der Waals surface area contributed by atoms with Crippen LogP contribution in [0.3, 0.4) is 0 Å². The maximum atomic E-state index is 13.2. The number of fused-ring (bicyclic) bond motifs is 2. The van der Waals surface area contributed by atoms with Gasteiger partial charge in [-0.2, -0.15) is 0 Å². The molecule has 0 unspecified atom stereocenters. The average Bonchev–Trinajstić information content (AvgIpc) is 3.35. The number of furan rings is 1. The molecule has 0 spiro atoms. The molecule has 2 saturated heterocycles. The molecule has 1 amide bonds. The quantitative estimate of drug-likeness (QED) is 0.848. The number of nitrogens with zero attached hydrogens (tertiary/aromatic N) is 3. The summed E-state index contributed by atoms with van der Waals surface area (Å²) in [6.45, 7) is 7.25. The lowest BCUT2D eigenvalue weighted by atomic mass is 9.71. The van der Waals surface area contributed by atoms with Crippen LogP contribution in [0.1, 0.15) is 55.5 Å². The molecule has 2 bridgehead atoms. The number of aryl methyl sites for hydroxylation is 2. The highest BCUT2D eigenvalue weighted by Gasteiger charge is 2.58. The van der Waals surface area contributed by atoms with Gasteiger partial charge in [0, 0.05) is 18.3 Å². The van der Waals surface area contributed by atoms with Gasteiger partial charge in [0.05, 0.1) is 36.1 Å². The minimum Gasteiger partial charge on any atom is -0.465 e. The van der Waals surface area contributed by atoms with Crippen LogP contribution in [0.15, 0.2) is 28.9 Å². The Hall–Kier alpha value is -2.21. The molecule has 2 aliphatic heterocycles. The summed E-state index contributed by atoms with van der Waals surface area (Å²) in [4.78, 5) is 24.3. The van der Waals surface area contributed by atoms with Crippen molar-refractivity contribution in [3.63, 3.8) is 0 Å². The summed E-state index contributed by atoms with van der Waals surface area (Å²) in [5, 5.41) is 3.13. The molecule has 6 heteroatoms. The first-order valence-corrected chi connectivity index (χ1v) is 9.88. The zero-order valence-electron chi connectivity index (χ0n) is 16.4. The number of rotatable bonds is 6. The van der Waals surface area contributed by atoms with Crippen molar-refractivity contribution in [2.45, 2.75) is 71.6 Å². The summed E-state index contributed by atoms with van der Waals surface area (Å²) in [7, 11) is 0. The summed E-state index contributed by atoms with van der Waals surface area (Å²) in [6.07, 6.45) is 7.51. The van der Waals surface area contributed by atoms with E-state index in [2.05, 4.69) is 33.2 Å². The molecule has 2 aliphatic rings. The molecule has 0 aliphatic carbocycles. The SMILES string of the molecule is CC[C@@]1(C(=O)NCc2cnc(C)cn2)C[C@@H]2CC[C@H]1N2Cc1ccc(C)o1. The molecular formula is C21H28N4O2. The van der Waals surface area contributed by atoms with Gasteiger partial charge in [-0.25, -0.2) is 0 Å². The Labute approximate surface area is 160 Å². The Bertz CT molecular complexity index is 816. The van der Waals surface area contributed by atoms with Crippen LogP contribution in [0, 0.1) is 19.3 Å². The van der Waals surface area contributed by atoms with Crippen LogP contribution in [0.5, 0.6) is 0 Å². The molecule has 3 atom stereocenters. The highest BCUT2D eigenvalue weighted by Crippen LogP contribution is 2.52. The molecule has 0 radical (unpaired) electrons. The van der Waals surface area contributed by atoms with Crippen molar-refractivity contribution in [1.82, 2.24) is 20.2 Å². The van der Waals surface area contributed by atoms with Gasteiger partial charge in [0.2, 0.25) is 5.91 Å². The lowest BCUT2D eigenvalue weighted by Crippen LogP contribution is -2.48. The van der Waals surface area contributed by atoms with Crippen LogP contribution < -0.4 is 5.32 Å². The zero-order valence-corrected chi connectivity index (χ0v) is 16.4. The van der Waals surface area contributed by atoms with Crippen LogP contribution >= 0.6 is 0 Å². The smallest absolute Gasteiger partial charge is 0.228 e. The summed E-state index contributed by atoms with van der Waals surface area (Å²) in [5.41, 5.74) is 1.36. The van der Waals surface area contributed by atoms with Gasteiger partial charge in [0.15, 0.2) is 0 Å². The van der Waals surface area contributed by atoms with E-state index in [1.807, 2.05) is 19.9 Å². The third-order valence-electron chi connectivity index (χ3n) is 6.36. The molecule has 0 aromatic carbocycles. The predicted molar refractivity (Wildman–Crippen MR) is 102 cm³/mol. The fourth-order valence-corrected chi connectivity index (χ4v) is 4.94. The minimum absolute atomic E-state index is 0.153. The van der Waals surface area contributed by atoms with E-state index >= 15 is 0 Å². The molecule has 2 aromatic rings. The molecule has 27 heavy (non-hydrogen) atoms. The first-order chi connectivity index (χ1) is 13.0. The topological polar surface area (TPSA) is 71.3 Å². The Kier molecular flexibility index (Phi) is 4.76. The third-order valence-corrected chi connectivity index (χ3v) is 6.36. The van der Waals surface area contributed by atoms with Crippen molar-refractivity contribution in [2.75, 3.05) is 0 Å². The highest BCUT2D eigenvalue weighted by atomic mass is 16.3. The van der Waals surface area contributed by atoms with Crippen LogP contribution in [0.25, 0.3) is 0 Å². The summed E-state index contributed by atoms with van der Waals surface area (Å²) in [5.74, 6) is 2.09. The molecule has 144 valence electrons. The van der Waals surface area contributed by atoms with Gasteiger partial charge in [-0.1, -0.05) is 6.92 Å². The average molecular weight is 368 g/mol. The normalized spacial score (nSPS) is 27.2. The van der Waals surface area contributed by atoms with Gasteiger partial charge in [-0.3, -0.25) is 19.7 Å². The second-order valence-electron chi connectivity index (χ2n) is 7.98. The van der Waals surface area contributed by atoms with E-state index in [1.54, 1.807) is 12.4 Å². The summed E-state index contributed by atoms with van der Waals surface area (Å²) < 4.78 is 5.79. The molecule has 0 saturated carbocycles. The predicted octanol–water partition coefficient (Wildman–Crippen LogP) is 3.14. The van der Waals surface area contributed by atoms with Crippen molar-refractivity contribution in [1.29, 1.82) is 0 Å². The molecular weight excluding hydrogens is 340 g/mol. The monoisotopic (exact) mass is 368 g/mol. The number of hydrogen-bond acceptors (Lipinski definition) is 5. The summed E-state index contributed by atoms with van der Waals surface area (Å²) in [6, 6.07) is 4.80. The van der Waals surface area contributed by atoms with Crippen LogP contribution in [0.2, 0.25) is 0 Å². The van der Waals surface area contributed by atoms with Crippen LogP contribution in [-0.4, -0.2) is 32.9 Å². The second kappa shape index (κ2) is 7.08. The van der Waals surface area contributed by atoms with E-state index in [4.69, 9.17) is 4.42 Å². The summed E-state index contributed by atoms with van der Waals surface area (Å²) >= 11 is 0. The zero-order chi connectivity index (χ0) is 19.0. The number of amides is 1. The lowest BCUT2D eigenvalue weighted by molar-refractivity contribution is -0.133. The first-order valence-electron chi connectivity index (χ1n) is 9.88. The largest absolute Gasteiger partial charge is 0.465 e. The molecule has 6 nitrogen and oxygen atoms in total. The molecule has 2 aromatic heterocycles. The van der Waals surface area contributed by atoms with Crippen LogP contribution in [0.4, 0.5) is 0 Å². The van der Waals surface area contributed by atoms with Gasteiger partial charge >= 0.3 is 0 Å². The minimum atomic E-state index is -0.317. The van der Waals surface area contributed by atoms with Gasteiger partial charge in [-0.05, 0) is 51.7 Å². The van der Waals surface area contributed by atoms with Gasteiger partial charge in [0.1, 0.15) is 11.5 Å². The Morgan fingerprint density at radius 2 is 2.15 bits per heavy atom. The van der Waals surface area contributed by atoms with Crippen molar-refractivity contribution in [3.8, 4) is 0 Å². The molecule has 2 fully saturated rings. The van der Waals surface area contributed by atoms with Crippen molar-refractivity contribution in [2.24, 2.45) is 5.41 Å². The third kappa shape index (κ3) is 3.27. The fraction of sp³-hybridized carbons (Fsp3) is 0.571. The Morgan fingerprint density at radius 3 is 2.81 bits per heavy atom. The van der Waals surface area contributed by atoms with Gasteiger partial charge in [0.25, 0.3) is 0 Å². The van der Waals surface area contributed by atoms with Crippen molar-refractivity contribution < 1.29 is 9.21 Å². The van der Waals surface area contributed by atoms with E-state index < -0.39 is 0 Å². The standard InChI is InChI=1S/C21H28N4O2/c1-4-21(20(26)24-12-16-11-22-14(2)10-23-16)9-17-6-8-19(21)25(17)13-18-7-5-15(3)27-18/h5,7,10-11,17,19H,4,6,8-9,12-13H2,1-3H3,(H,24,26)/t17-,19+,21+/m0/s1. The number of aromatic nitrogens is 2. The number of carbonyl (C=O) groups is 1. The number of hydrogen-bond donors (Lipinski definition) is 1. The van der Waals surface area contributed by atoms with Crippen molar-refractivity contribution >= 4 is 5.91 Å². The second-order valence-corrected chi connectivity index (χ2v) is 7.98. The van der Waals surface area contributed by atoms with E-state index in [-0.39, 0.29) is 17.4 Å². The molecule has 4 heterocycles. The highest BCUT2D eigenvalue weighted by molar-refractivity contribution is 5.84. The van der Waals surface area contributed by atoms with E-state index in [0.717, 1.165) is 48.7 Å². The molecule has 1 N–H and O–H groups in total. The fourth-order valence-electron chi connectivity index (χ4n) is 4.94. The maximum absolute atomic E-state index is 13.2. The lowest BCUT2D eigenvalue weighted by Gasteiger charge is -2.35. The van der Waals surface area contributed by atoms with E-state index in [1.165, 1.54) is 6.42 Å². The van der Waals surface area contributed by atoms with E-state index in [0.29, 0.717) is 12.6 Å². The van der Waals surface area contributed by atoms with Gasteiger partial charge < -0.3 is 9.73 Å². The first kappa shape index (κ1) is 18.2. The number of nitrogens with one attached hydrogen (secondary N) is 1. The Morgan fingerprint density at radius 1 is 1.30 bits per heavy atom. The maximum Gasteiger partial charge on any atom is 0.228 e. The van der Waals surface area contributed by atoms with E-state index in [9.17, 15) is 4.79 Å². The van der Waals surface area contributed by atoms with Gasteiger partial charge in [-0.15, -0.1) is 0 Å². The molecule has 4 rings (SSSR count). The number of carbonyl (C=O) groups excluding carboxylic acids is 1. The Balaban J connectivity index is 1.46. The van der Waals surface area contributed by atoms with Crippen LogP contribution in [-0.2, 0) is 17.9 Å². The van der Waals surface area contributed by atoms with Crippen molar-refractivity contribution in [3.05, 3.63) is 47.4 Å².